The van der Waals surface area contributed by atoms with Crippen molar-refractivity contribution in [1.29, 1.82) is 0 Å². The predicted molar refractivity (Wildman–Crippen MR) is 73.1 cm³/mol. The van der Waals surface area contributed by atoms with Crippen LogP contribution in [0.5, 0.6) is 0 Å². The van der Waals surface area contributed by atoms with Gasteiger partial charge in [-0.15, -0.1) is 0 Å². The number of rotatable bonds is 4. The smallest absolute Gasteiger partial charge is 0.418 e. The first-order chi connectivity index (χ1) is 9.85. The summed E-state index contributed by atoms with van der Waals surface area (Å²) in [4.78, 5) is 11.5. The Bertz CT molecular complexity index is 508. The van der Waals surface area contributed by atoms with Crippen LogP contribution in [-0.2, 0) is 11.0 Å². The maximum Gasteiger partial charge on any atom is 0.418 e. The quantitative estimate of drug-likeness (QED) is 0.878. The predicted octanol–water partition coefficient (Wildman–Crippen LogP) is 4.15. The van der Waals surface area contributed by atoms with Crippen LogP contribution in [0.4, 0.5) is 18.9 Å². The number of alkyl halides is 3. The number of anilines is 1. The monoisotopic (exact) mass is 301 g/mol. The second-order valence-electron chi connectivity index (χ2n) is 5.54. The molecule has 1 saturated carbocycles. The molecule has 0 aliphatic heterocycles. The third-order valence-corrected chi connectivity index (χ3v) is 4.11. The molecule has 116 valence electrons. The summed E-state index contributed by atoms with van der Waals surface area (Å²) < 4.78 is 38.7. The first-order valence-electron chi connectivity index (χ1n) is 6.99. The molecule has 2 N–H and O–H groups in total. The lowest BCUT2D eigenvalue weighted by atomic mass is 9.74. The molecule has 0 unspecified atom stereocenters. The van der Waals surface area contributed by atoms with Gasteiger partial charge in [-0.05, 0) is 25.0 Å². The average molecular weight is 301 g/mol. The third-order valence-electron chi connectivity index (χ3n) is 4.11. The van der Waals surface area contributed by atoms with E-state index in [1.807, 2.05) is 0 Å². The summed E-state index contributed by atoms with van der Waals surface area (Å²) in [6.45, 7) is 0.0232. The Morgan fingerprint density at radius 3 is 2.38 bits per heavy atom. The molecule has 0 spiro atoms. The molecule has 0 saturated heterocycles. The van der Waals surface area contributed by atoms with Crippen LogP contribution < -0.4 is 5.32 Å². The number of hydrogen-bond donors (Lipinski definition) is 2. The fraction of sp³-hybridized carbons (Fsp3) is 0.533. The highest BCUT2D eigenvalue weighted by molar-refractivity contribution is 5.75. The van der Waals surface area contributed by atoms with E-state index in [-0.39, 0.29) is 12.2 Å². The zero-order valence-electron chi connectivity index (χ0n) is 11.5. The van der Waals surface area contributed by atoms with Gasteiger partial charge in [0.1, 0.15) is 0 Å². The molecule has 0 amide bonds. The van der Waals surface area contributed by atoms with E-state index < -0.39 is 23.1 Å². The Balaban J connectivity index is 2.17. The third kappa shape index (κ3) is 3.49. The van der Waals surface area contributed by atoms with Gasteiger partial charge >= 0.3 is 12.1 Å². The van der Waals surface area contributed by atoms with E-state index in [1.165, 1.54) is 18.2 Å². The van der Waals surface area contributed by atoms with Crippen molar-refractivity contribution >= 4 is 11.7 Å². The number of halogens is 3. The van der Waals surface area contributed by atoms with Crippen LogP contribution >= 0.6 is 0 Å². The molecule has 1 aromatic carbocycles. The van der Waals surface area contributed by atoms with Gasteiger partial charge in [0.25, 0.3) is 0 Å². The van der Waals surface area contributed by atoms with Gasteiger partial charge in [0.15, 0.2) is 0 Å². The minimum Gasteiger partial charge on any atom is -0.481 e. The zero-order valence-corrected chi connectivity index (χ0v) is 11.5. The highest BCUT2D eigenvalue weighted by atomic mass is 19.4. The number of nitrogens with one attached hydrogen (secondary N) is 1. The number of benzene rings is 1. The van der Waals surface area contributed by atoms with Crippen molar-refractivity contribution in [3.05, 3.63) is 29.8 Å². The number of carbonyl (C=O) groups is 1. The molecular weight excluding hydrogens is 283 g/mol. The minimum atomic E-state index is -4.45. The van der Waals surface area contributed by atoms with E-state index in [1.54, 1.807) is 0 Å². The van der Waals surface area contributed by atoms with Gasteiger partial charge in [-0.2, -0.15) is 13.2 Å². The van der Waals surface area contributed by atoms with Crippen molar-refractivity contribution < 1.29 is 23.1 Å². The lowest BCUT2D eigenvalue weighted by Crippen LogP contribution is -2.39. The van der Waals surface area contributed by atoms with E-state index in [0.29, 0.717) is 12.8 Å². The summed E-state index contributed by atoms with van der Waals surface area (Å²) >= 11 is 0. The zero-order chi connectivity index (χ0) is 15.5. The molecule has 1 fully saturated rings. The molecule has 6 heteroatoms. The number of carboxylic acids is 1. The molecule has 1 aliphatic rings. The number of para-hydroxylation sites is 1. The molecule has 0 aromatic heterocycles. The van der Waals surface area contributed by atoms with Gasteiger partial charge in [0.05, 0.1) is 11.0 Å². The Labute approximate surface area is 121 Å². The maximum atomic E-state index is 12.9. The van der Waals surface area contributed by atoms with Crippen LogP contribution in [-0.4, -0.2) is 17.6 Å². The summed E-state index contributed by atoms with van der Waals surface area (Å²) in [5, 5.41) is 12.1. The van der Waals surface area contributed by atoms with Crippen LogP contribution in [0.3, 0.4) is 0 Å². The molecular formula is C15H18F3NO2. The van der Waals surface area contributed by atoms with Crippen molar-refractivity contribution in [3.8, 4) is 0 Å². The lowest BCUT2D eigenvalue weighted by Gasteiger charge is -2.33. The van der Waals surface area contributed by atoms with Crippen LogP contribution in [0.2, 0.25) is 0 Å². The molecule has 0 bridgehead atoms. The second kappa shape index (κ2) is 5.95. The van der Waals surface area contributed by atoms with Gasteiger partial charge in [-0.1, -0.05) is 31.4 Å². The van der Waals surface area contributed by atoms with E-state index in [0.717, 1.165) is 25.3 Å². The highest BCUT2D eigenvalue weighted by Gasteiger charge is 2.40. The first kappa shape index (κ1) is 15.7. The number of aliphatic carboxylic acids is 1. The SMILES string of the molecule is O=C(O)C1(CNc2ccccc2C(F)(F)F)CCCCC1. The average Bonchev–Trinajstić information content (AvgIpc) is 2.45. The first-order valence-corrected chi connectivity index (χ1v) is 6.99. The summed E-state index contributed by atoms with van der Waals surface area (Å²) in [6.07, 6.45) is -0.864. The standard InChI is InChI=1S/C15H18F3NO2/c16-15(17,18)11-6-2-3-7-12(11)19-10-14(13(20)21)8-4-1-5-9-14/h2-3,6-7,19H,1,4-5,8-10H2,(H,20,21). The Hall–Kier alpha value is -1.72. The second-order valence-corrected chi connectivity index (χ2v) is 5.54. The summed E-state index contributed by atoms with van der Waals surface area (Å²) in [5.41, 5.74) is -1.78. The number of carboxylic acid groups (broad SMARTS) is 1. The van der Waals surface area contributed by atoms with Crippen LogP contribution in [0, 0.1) is 5.41 Å². The fourth-order valence-corrected chi connectivity index (χ4v) is 2.84. The normalized spacial score (nSPS) is 18.2. The molecule has 21 heavy (non-hydrogen) atoms. The topological polar surface area (TPSA) is 49.3 Å². The molecule has 2 rings (SSSR count). The van der Waals surface area contributed by atoms with Crippen LogP contribution in [0.1, 0.15) is 37.7 Å². The summed E-state index contributed by atoms with van der Waals surface area (Å²) in [6, 6.07) is 5.16. The molecule has 1 aromatic rings. The van der Waals surface area contributed by atoms with Crippen molar-refractivity contribution in [1.82, 2.24) is 0 Å². The Kier molecular flexibility index (Phi) is 4.44. The molecule has 1 aliphatic carbocycles. The van der Waals surface area contributed by atoms with E-state index in [4.69, 9.17) is 0 Å². The fourth-order valence-electron chi connectivity index (χ4n) is 2.84. The maximum absolute atomic E-state index is 12.9. The largest absolute Gasteiger partial charge is 0.481 e. The number of hydrogen-bond acceptors (Lipinski definition) is 2. The van der Waals surface area contributed by atoms with Gasteiger partial charge < -0.3 is 10.4 Å². The van der Waals surface area contributed by atoms with Gasteiger partial charge in [0, 0.05) is 12.2 Å². The van der Waals surface area contributed by atoms with Crippen LogP contribution in [0.15, 0.2) is 24.3 Å². The lowest BCUT2D eigenvalue weighted by molar-refractivity contribution is -0.150. The van der Waals surface area contributed by atoms with Crippen molar-refractivity contribution in [3.63, 3.8) is 0 Å². The highest BCUT2D eigenvalue weighted by Crippen LogP contribution is 2.39. The summed E-state index contributed by atoms with van der Waals surface area (Å²) in [5.74, 6) is -0.931. The molecule has 3 nitrogen and oxygen atoms in total. The van der Waals surface area contributed by atoms with Crippen molar-refractivity contribution in [2.75, 3.05) is 11.9 Å². The Morgan fingerprint density at radius 2 is 1.81 bits per heavy atom. The Morgan fingerprint density at radius 1 is 1.19 bits per heavy atom. The molecule has 0 atom stereocenters. The summed E-state index contributed by atoms with van der Waals surface area (Å²) in [7, 11) is 0. The van der Waals surface area contributed by atoms with Gasteiger partial charge in [-0.3, -0.25) is 4.79 Å². The van der Waals surface area contributed by atoms with E-state index in [9.17, 15) is 23.1 Å². The molecule has 0 heterocycles. The van der Waals surface area contributed by atoms with Gasteiger partial charge in [-0.25, -0.2) is 0 Å². The van der Waals surface area contributed by atoms with Crippen LogP contribution in [0.25, 0.3) is 0 Å². The molecule has 0 radical (unpaired) electrons. The van der Waals surface area contributed by atoms with E-state index in [2.05, 4.69) is 5.32 Å². The van der Waals surface area contributed by atoms with Crippen molar-refractivity contribution in [2.24, 2.45) is 5.41 Å². The minimum absolute atomic E-state index is 0.0232. The van der Waals surface area contributed by atoms with Gasteiger partial charge in [0.2, 0.25) is 0 Å². The van der Waals surface area contributed by atoms with E-state index >= 15 is 0 Å². The van der Waals surface area contributed by atoms with Crippen molar-refractivity contribution in [2.45, 2.75) is 38.3 Å².